The van der Waals surface area contributed by atoms with E-state index in [9.17, 15) is 13.2 Å². The predicted octanol–water partition coefficient (Wildman–Crippen LogP) is 2.89. The van der Waals surface area contributed by atoms with E-state index in [4.69, 9.17) is 21.1 Å². The van der Waals surface area contributed by atoms with E-state index in [1.165, 1.54) is 16.4 Å². The molecule has 0 aliphatic carbocycles. The predicted molar refractivity (Wildman–Crippen MR) is 116 cm³/mol. The van der Waals surface area contributed by atoms with Gasteiger partial charge < -0.3 is 19.7 Å². The summed E-state index contributed by atoms with van der Waals surface area (Å²) in [6.07, 6.45) is 0. The van der Waals surface area contributed by atoms with Crippen LogP contribution in [0, 0.1) is 0 Å². The Morgan fingerprint density at radius 1 is 1.03 bits per heavy atom. The molecule has 1 atom stereocenters. The highest BCUT2D eigenvalue weighted by molar-refractivity contribution is 7.89. The van der Waals surface area contributed by atoms with Gasteiger partial charge in [0, 0.05) is 31.2 Å². The van der Waals surface area contributed by atoms with Gasteiger partial charge in [0.05, 0.1) is 10.9 Å². The molecule has 31 heavy (non-hydrogen) atoms. The molecule has 0 aromatic heterocycles. The molecule has 0 spiro atoms. The van der Waals surface area contributed by atoms with Crippen LogP contribution in [0.1, 0.15) is 18.5 Å². The molecule has 2 aromatic carbocycles. The Labute approximate surface area is 186 Å². The molecule has 2 aliphatic rings. The first-order chi connectivity index (χ1) is 14.8. The fourth-order valence-electron chi connectivity index (χ4n) is 3.60. The van der Waals surface area contributed by atoms with Crippen LogP contribution < -0.4 is 14.8 Å². The van der Waals surface area contributed by atoms with Crippen LogP contribution >= 0.6 is 11.6 Å². The first-order valence-electron chi connectivity index (χ1n) is 10.1. The van der Waals surface area contributed by atoms with Crippen LogP contribution in [0.15, 0.2) is 47.4 Å². The topological polar surface area (TPSA) is 88.2 Å². The molecule has 166 valence electrons. The molecular weight excluding hydrogens is 442 g/mol. The largest absolute Gasteiger partial charge is 0.486 e. The van der Waals surface area contributed by atoms with Crippen molar-refractivity contribution in [2.24, 2.45) is 0 Å². The average molecular weight is 466 g/mol. The van der Waals surface area contributed by atoms with Gasteiger partial charge in [0.2, 0.25) is 10.0 Å². The fourth-order valence-corrected chi connectivity index (χ4v) is 5.32. The summed E-state index contributed by atoms with van der Waals surface area (Å²) < 4.78 is 38.2. The normalized spacial score (nSPS) is 17.8. The summed E-state index contributed by atoms with van der Waals surface area (Å²) in [6, 6.07) is 11.3. The van der Waals surface area contributed by atoms with Crippen LogP contribution in [0.3, 0.4) is 0 Å². The van der Waals surface area contributed by atoms with E-state index < -0.39 is 10.0 Å². The molecule has 0 bridgehead atoms. The molecule has 2 aromatic rings. The highest BCUT2D eigenvalue weighted by Crippen LogP contribution is 2.32. The molecule has 4 rings (SSSR count). The van der Waals surface area contributed by atoms with Crippen molar-refractivity contribution >= 4 is 27.7 Å². The smallest absolute Gasteiger partial charge is 0.317 e. The minimum atomic E-state index is -3.64. The van der Waals surface area contributed by atoms with Crippen molar-refractivity contribution in [2.75, 3.05) is 39.4 Å². The van der Waals surface area contributed by atoms with E-state index in [1.54, 1.807) is 17.0 Å². The number of carbonyl (C=O) groups excluding carboxylic acids is 1. The Morgan fingerprint density at radius 3 is 2.45 bits per heavy atom. The molecule has 1 fully saturated rings. The maximum Gasteiger partial charge on any atom is 0.317 e. The third kappa shape index (κ3) is 4.73. The summed E-state index contributed by atoms with van der Waals surface area (Å²) in [7, 11) is -3.64. The van der Waals surface area contributed by atoms with Crippen LogP contribution in [0.5, 0.6) is 11.5 Å². The number of hydrogen-bond donors (Lipinski definition) is 1. The lowest BCUT2D eigenvalue weighted by atomic mass is 10.1. The van der Waals surface area contributed by atoms with Crippen molar-refractivity contribution < 1.29 is 22.7 Å². The average Bonchev–Trinajstić information content (AvgIpc) is 2.78. The molecular formula is C21H24ClN3O5S. The van der Waals surface area contributed by atoms with E-state index in [1.807, 2.05) is 25.1 Å². The number of sulfonamides is 1. The van der Waals surface area contributed by atoms with Gasteiger partial charge in [-0.05, 0) is 42.8 Å². The minimum absolute atomic E-state index is 0.158. The number of ether oxygens (including phenoxy) is 2. The van der Waals surface area contributed by atoms with Crippen molar-refractivity contribution in [3.8, 4) is 11.5 Å². The number of urea groups is 1. The number of benzene rings is 2. The lowest BCUT2D eigenvalue weighted by molar-refractivity contribution is 0.168. The monoisotopic (exact) mass is 465 g/mol. The van der Waals surface area contributed by atoms with Crippen molar-refractivity contribution in [1.29, 1.82) is 0 Å². The molecule has 0 unspecified atom stereocenters. The number of nitrogens with one attached hydrogen (secondary N) is 1. The number of halogens is 1. The van der Waals surface area contributed by atoms with Gasteiger partial charge in [-0.3, -0.25) is 0 Å². The number of piperazine rings is 1. The van der Waals surface area contributed by atoms with Crippen molar-refractivity contribution in [1.82, 2.24) is 14.5 Å². The second-order valence-electron chi connectivity index (χ2n) is 7.42. The van der Waals surface area contributed by atoms with Gasteiger partial charge in [0.25, 0.3) is 0 Å². The van der Waals surface area contributed by atoms with Crippen LogP contribution in [-0.2, 0) is 10.0 Å². The van der Waals surface area contributed by atoms with Crippen molar-refractivity contribution in [3.05, 3.63) is 53.1 Å². The van der Waals surface area contributed by atoms with Crippen molar-refractivity contribution in [2.45, 2.75) is 17.9 Å². The highest BCUT2D eigenvalue weighted by atomic mass is 35.5. The van der Waals surface area contributed by atoms with E-state index in [2.05, 4.69) is 5.32 Å². The molecule has 2 aliphatic heterocycles. The van der Waals surface area contributed by atoms with Gasteiger partial charge in [0.1, 0.15) is 13.2 Å². The van der Waals surface area contributed by atoms with Crippen LogP contribution in [0.2, 0.25) is 5.02 Å². The summed E-state index contributed by atoms with van der Waals surface area (Å²) in [5, 5.41) is 3.34. The lowest BCUT2D eigenvalue weighted by Crippen LogP contribution is -2.53. The molecule has 2 amide bonds. The second-order valence-corrected chi connectivity index (χ2v) is 9.80. The molecule has 1 saturated heterocycles. The molecule has 1 N–H and O–H groups in total. The van der Waals surface area contributed by atoms with Gasteiger partial charge in [-0.25, -0.2) is 13.2 Å². The maximum absolute atomic E-state index is 12.8. The molecule has 10 heteroatoms. The SMILES string of the molecule is C[C@@H](NC(=O)N1CCN(S(=O)(=O)c2cccc(Cl)c2)CC1)c1ccc2c(c1)OCCO2. The van der Waals surface area contributed by atoms with E-state index in [-0.39, 0.29) is 30.1 Å². The Bertz CT molecular complexity index is 1070. The van der Waals surface area contributed by atoms with E-state index in [0.29, 0.717) is 42.8 Å². The zero-order valence-electron chi connectivity index (χ0n) is 17.1. The second kappa shape index (κ2) is 8.94. The third-order valence-corrected chi connectivity index (χ3v) is 7.50. The zero-order valence-corrected chi connectivity index (χ0v) is 18.7. The lowest BCUT2D eigenvalue weighted by Gasteiger charge is -2.34. The highest BCUT2D eigenvalue weighted by Gasteiger charge is 2.30. The standard InChI is InChI=1S/C21H24ClN3O5S/c1-15(16-5-6-19-20(13-16)30-12-11-29-19)23-21(26)24-7-9-25(10-8-24)31(27,28)18-4-2-3-17(22)14-18/h2-6,13-15H,7-12H2,1H3,(H,23,26)/t15-/m1/s1. The number of nitrogens with zero attached hydrogens (tertiary/aromatic N) is 2. The first kappa shape index (κ1) is 21.7. The third-order valence-electron chi connectivity index (χ3n) is 5.37. The number of carbonyl (C=O) groups is 1. The van der Waals surface area contributed by atoms with Gasteiger partial charge >= 0.3 is 6.03 Å². The fraction of sp³-hybridized carbons (Fsp3) is 0.381. The Balaban J connectivity index is 1.35. The minimum Gasteiger partial charge on any atom is -0.486 e. The molecule has 2 heterocycles. The number of amides is 2. The van der Waals surface area contributed by atoms with Gasteiger partial charge in [0.15, 0.2) is 11.5 Å². The summed E-state index contributed by atoms with van der Waals surface area (Å²) >= 11 is 5.93. The summed E-state index contributed by atoms with van der Waals surface area (Å²) in [5.74, 6) is 1.37. The van der Waals surface area contributed by atoms with Gasteiger partial charge in [-0.15, -0.1) is 0 Å². The molecule has 0 radical (unpaired) electrons. The van der Waals surface area contributed by atoms with E-state index >= 15 is 0 Å². The summed E-state index contributed by atoms with van der Waals surface area (Å²) in [6.45, 7) is 3.97. The van der Waals surface area contributed by atoms with Gasteiger partial charge in [-0.2, -0.15) is 4.31 Å². The number of rotatable bonds is 4. The summed E-state index contributed by atoms with van der Waals surface area (Å²) in [5.41, 5.74) is 0.903. The Kier molecular flexibility index (Phi) is 6.27. The Hall–Kier alpha value is -2.49. The molecule has 0 saturated carbocycles. The number of fused-ring (bicyclic) bond motifs is 1. The number of hydrogen-bond acceptors (Lipinski definition) is 5. The first-order valence-corrected chi connectivity index (χ1v) is 11.9. The summed E-state index contributed by atoms with van der Waals surface area (Å²) in [4.78, 5) is 14.5. The van der Waals surface area contributed by atoms with Crippen LogP contribution in [0.25, 0.3) is 0 Å². The van der Waals surface area contributed by atoms with E-state index in [0.717, 1.165) is 5.56 Å². The van der Waals surface area contributed by atoms with Gasteiger partial charge in [-0.1, -0.05) is 23.7 Å². The zero-order chi connectivity index (χ0) is 22.0. The quantitative estimate of drug-likeness (QED) is 0.750. The van der Waals surface area contributed by atoms with Crippen molar-refractivity contribution in [3.63, 3.8) is 0 Å². The van der Waals surface area contributed by atoms with Crippen LogP contribution in [0.4, 0.5) is 4.79 Å². The Morgan fingerprint density at radius 2 is 1.74 bits per heavy atom. The molecule has 8 nitrogen and oxygen atoms in total. The maximum atomic E-state index is 12.8. The van der Waals surface area contributed by atoms with Crippen LogP contribution in [-0.4, -0.2) is 63.0 Å².